The summed E-state index contributed by atoms with van der Waals surface area (Å²) < 4.78 is 29.1. The molecule has 1 aliphatic heterocycles. The van der Waals surface area contributed by atoms with Gasteiger partial charge in [-0.25, -0.2) is 0 Å². The van der Waals surface area contributed by atoms with E-state index in [4.69, 9.17) is 23.7 Å². The lowest BCUT2D eigenvalue weighted by molar-refractivity contribution is -0.307. The minimum absolute atomic E-state index is 0.0420. The smallest absolute Gasteiger partial charge is 0.309 e. The van der Waals surface area contributed by atoms with Crippen LogP contribution in [0.4, 0.5) is 0 Å². The number of esters is 3. The third kappa shape index (κ3) is 6.45. The molecule has 53 heavy (non-hydrogen) atoms. The van der Waals surface area contributed by atoms with Crippen LogP contribution in [0, 0.1) is 50.7 Å². The van der Waals surface area contributed by atoms with Gasteiger partial charge in [-0.05, 0) is 99.2 Å². The fraction of sp³-hybridized carbons (Fsp3) is 0.854. The van der Waals surface area contributed by atoms with Crippen LogP contribution in [0.2, 0.25) is 0 Å². The highest BCUT2D eigenvalue weighted by atomic mass is 16.7. The summed E-state index contributed by atoms with van der Waals surface area (Å²) in [5, 5.41) is 33.8. The molecule has 5 aliphatic carbocycles. The summed E-state index contributed by atoms with van der Waals surface area (Å²) in [4.78, 5) is 48.8. The molecule has 298 valence electrons. The SMILES string of the molecule is CC(=O)O[C@@H]1[C@@H](OC(C)=O)[C@@H](O)[C@H](OC[C@@H]2[C@@H](OC(C)=O)C[C@H](O)[C@]3(C)[C@H]4CC=C5[C@H]6C[C@](C)(C(=O)O)CC[C@]6(C)CC[C@@]5(C)[C@]4(C)CC[C@@H]23)O[C@H]1C. The first-order chi connectivity index (χ1) is 24.6. The van der Waals surface area contributed by atoms with Crippen molar-refractivity contribution < 1.29 is 58.2 Å². The molecule has 6 aliphatic rings. The Bertz CT molecular complexity index is 1510. The second-order valence-electron chi connectivity index (χ2n) is 18.7. The van der Waals surface area contributed by atoms with Crippen molar-refractivity contribution in [2.24, 2.45) is 50.7 Å². The number of fused-ring (bicyclic) bond motifs is 7. The van der Waals surface area contributed by atoms with Crippen molar-refractivity contribution in [3.05, 3.63) is 11.6 Å². The van der Waals surface area contributed by atoms with E-state index in [9.17, 15) is 34.5 Å². The lowest BCUT2D eigenvalue weighted by atomic mass is 9.34. The van der Waals surface area contributed by atoms with Crippen LogP contribution in [-0.2, 0) is 42.9 Å². The van der Waals surface area contributed by atoms with Crippen molar-refractivity contribution in [1.29, 1.82) is 0 Å². The fourth-order valence-corrected chi connectivity index (χ4v) is 12.5. The number of rotatable bonds is 7. The Morgan fingerprint density at radius 3 is 2.11 bits per heavy atom. The van der Waals surface area contributed by atoms with Crippen LogP contribution in [0.1, 0.15) is 120 Å². The van der Waals surface area contributed by atoms with Gasteiger partial charge in [0.15, 0.2) is 18.5 Å². The highest BCUT2D eigenvalue weighted by Gasteiger charge is 2.69. The van der Waals surface area contributed by atoms with Crippen LogP contribution < -0.4 is 0 Å². The summed E-state index contributed by atoms with van der Waals surface area (Å²) in [6, 6.07) is 0. The Hall–Kier alpha value is -2.54. The first kappa shape index (κ1) is 40.1. The predicted molar refractivity (Wildman–Crippen MR) is 191 cm³/mol. The molecule has 0 amide bonds. The highest BCUT2D eigenvalue weighted by Crippen LogP contribution is 2.75. The minimum Gasteiger partial charge on any atom is -0.481 e. The molecule has 1 saturated heterocycles. The normalized spacial score (nSPS) is 49.1. The quantitative estimate of drug-likeness (QED) is 0.173. The van der Waals surface area contributed by atoms with Crippen LogP contribution in [0.15, 0.2) is 11.6 Å². The fourth-order valence-electron chi connectivity index (χ4n) is 12.5. The van der Waals surface area contributed by atoms with Gasteiger partial charge in [-0.1, -0.05) is 39.3 Å². The lowest BCUT2D eigenvalue weighted by Gasteiger charge is -2.71. The van der Waals surface area contributed by atoms with E-state index < -0.39 is 77.6 Å². The number of allylic oxidation sites excluding steroid dienone is 2. The van der Waals surface area contributed by atoms with E-state index in [1.165, 1.54) is 26.3 Å². The zero-order valence-corrected chi connectivity index (χ0v) is 33.0. The number of aliphatic hydroxyl groups excluding tert-OH is 2. The molecule has 6 rings (SSSR count). The zero-order valence-electron chi connectivity index (χ0n) is 33.0. The van der Waals surface area contributed by atoms with E-state index >= 15 is 0 Å². The third-order valence-electron chi connectivity index (χ3n) is 15.9. The van der Waals surface area contributed by atoms with Gasteiger partial charge in [0.2, 0.25) is 0 Å². The molecule has 0 radical (unpaired) electrons. The number of carbonyl (C=O) groups excluding carboxylic acids is 3. The number of hydrogen-bond acceptors (Lipinski definition) is 11. The summed E-state index contributed by atoms with van der Waals surface area (Å²) >= 11 is 0. The first-order valence-electron chi connectivity index (χ1n) is 19.7. The van der Waals surface area contributed by atoms with Gasteiger partial charge in [-0.15, -0.1) is 0 Å². The molecule has 0 aromatic heterocycles. The molecule has 0 aromatic rings. The maximum atomic E-state index is 12.5. The Morgan fingerprint density at radius 2 is 1.49 bits per heavy atom. The molecule has 12 nitrogen and oxygen atoms in total. The van der Waals surface area contributed by atoms with E-state index in [0.717, 1.165) is 38.5 Å². The van der Waals surface area contributed by atoms with Crippen molar-refractivity contribution >= 4 is 23.9 Å². The van der Waals surface area contributed by atoms with Gasteiger partial charge in [-0.2, -0.15) is 0 Å². The van der Waals surface area contributed by atoms with Gasteiger partial charge in [0.1, 0.15) is 12.2 Å². The van der Waals surface area contributed by atoms with E-state index in [2.05, 4.69) is 33.8 Å². The number of carboxylic acids is 1. The predicted octanol–water partition coefficient (Wildman–Crippen LogP) is 5.35. The zero-order chi connectivity index (χ0) is 39.1. The average Bonchev–Trinajstić information content (AvgIpc) is 3.05. The number of aliphatic carboxylic acids is 1. The second-order valence-corrected chi connectivity index (χ2v) is 18.7. The molecule has 4 saturated carbocycles. The Kier molecular flexibility index (Phi) is 10.5. The van der Waals surface area contributed by atoms with Crippen molar-refractivity contribution in [3.8, 4) is 0 Å². The monoisotopic (exact) mass is 746 g/mol. The van der Waals surface area contributed by atoms with E-state index in [1.54, 1.807) is 6.92 Å². The van der Waals surface area contributed by atoms with Crippen molar-refractivity contribution in [3.63, 3.8) is 0 Å². The van der Waals surface area contributed by atoms with Crippen molar-refractivity contribution in [2.45, 2.75) is 163 Å². The molecule has 3 N–H and O–H groups in total. The summed E-state index contributed by atoms with van der Waals surface area (Å²) in [7, 11) is 0. The van der Waals surface area contributed by atoms with Gasteiger partial charge < -0.3 is 39.0 Å². The topological polar surface area (TPSA) is 175 Å². The first-order valence-corrected chi connectivity index (χ1v) is 19.7. The molecule has 1 heterocycles. The van der Waals surface area contributed by atoms with Gasteiger partial charge in [-0.3, -0.25) is 19.2 Å². The van der Waals surface area contributed by atoms with Crippen LogP contribution >= 0.6 is 0 Å². The van der Waals surface area contributed by atoms with E-state index in [0.29, 0.717) is 12.8 Å². The molecule has 0 spiro atoms. The molecule has 0 bridgehead atoms. The van der Waals surface area contributed by atoms with Gasteiger partial charge in [0, 0.05) is 38.5 Å². The summed E-state index contributed by atoms with van der Waals surface area (Å²) in [6.45, 7) is 16.7. The summed E-state index contributed by atoms with van der Waals surface area (Å²) in [5.41, 5.74) is -0.215. The number of aliphatic hydroxyl groups is 2. The van der Waals surface area contributed by atoms with Crippen molar-refractivity contribution in [2.75, 3.05) is 6.61 Å². The lowest BCUT2D eigenvalue weighted by Crippen LogP contribution is -2.67. The minimum atomic E-state index is -1.47. The summed E-state index contributed by atoms with van der Waals surface area (Å²) in [5.74, 6) is -2.61. The number of ether oxygens (including phenoxy) is 5. The molecule has 5 fully saturated rings. The standard InChI is InChI=1S/C41H62O12/c1-21-33(52-23(3)43)34(53-24(4)44)32(46)35(50-21)49-20-25-26-12-13-40(8)30(41(26,9)31(45)18-29(25)51-22(2)42)11-10-27-28-19-38(6,36(47)48)15-14-37(28,5)16-17-39(27,40)7/h10,21,25-26,28-35,45-46H,11-20H2,1-9H3,(H,47,48)/t21-,25-,26-,28+,29-,30-,31-,32+,33-,34-,35+,37+,38+,39+,40+,41-/m0/s1. The molecular formula is C41H62O12. The maximum absolute atomic E-state index is 12.5. The van der Waals surface area contributed by atoms with Gasteiger partial charge in [0.05, 0.1) is 24.2 Å². The highest BCUT2D eigenvalue weighted by molar-refractivity contribution is 5.74. The van der Waals surface area contributed by atoms with Gasteiger partial charge >= 0.3 is 23.9 Å². The van der Waals surface area contributed by atoms with Crippen LogP contribution in [0.25, 0.3) is 0 Å². The molecule has 0 aromatic carbocycles. The van der Waals surface area contributed by atoms with Crippen LogP contribution in [0.5, 0.6) is 0 Å². The average molecular weight is 747 g/mol. The van der Waals surface area contributed by atoms with Crippen LogP contribution in [-0.4, -0.2) is 88.7 Å². The van der Waals surface area contributed by atoms with E-state index in [1.807, 2.05) is 6.92 Å². The second kappa shape index (κ2) is 13.9. The number of carbonyl (C=O) groups is 4. The molecule has 16 atom stereocenters. The summed E-state index contributed by atoms with van der Waals surface area (Å²) in [6.07, 6.45) is 2.17. The third-order valence-corrected chi connectivity index (χ3v) is 15.9. The largest absolute Gasteiger partial charge is 0.481 e. The molecular weight excluding hydrogens is 684 g/mol. The molecule has 0 unspecified atom stereocenters. The Labute approximate surface area is 313 Å². The maximum Gasteiger partial charge on any atom is 0.309 e. The Morgan fingerprint density at radius 1 is 0.868 bits per heavy atom. The van der Waals surface area contributed by atoms with E-state index in [-0.39, 0.29) is 52.9 Å². The van der Waals surface area contributed by atoms with Crippen molar-refractivity contribution in [1.82, 2.24) is 0 Å². The van der Waals surface area contributed by atoms with Crippen LogP contribution in [0.3, 0.4) is 0 Å². The van der Waals surface area contributed by atoms with Gasteiger partial charge in [0.25, 0.3) is 0 Å². The molecule has 12 heteroatoms. The number of hydrogen-bond donors (Lipinski definition) is 3. The number of carboxylic acid groups (broad SMARTS) is 1. The Balaban J connectivity index is 1.30.